The van der Waals surface area contributed by atoms with Crippen LogP contribution in [-0.2, 0) is 14.3 Å². The third kappa shape index (κ3) is 6.33. The fraction of sp³-hybridized carbons (Fsp3) is 0.923. The molecule has 0 radical (unpaired) electrons. The molecule has 0 amide bonds. The first-order valence-electron chi connectivity index (χ1n) is 6.39. The van der Waals surface area contributed by atoms with Crippen LogP contribution in [0.2, 0.25) is 0 Å². The SMILES string of the molecule is COCCCN(C)CC(C)(NC(C)C)C(=O)OC. The Bertz CT molecular complexity index is 246. The van der Waals surface area contributed by atoms with Crippen molar-refractivity contribution in [2.24, 2.45) is 0 Å². The Hall–Kier alpha value is -0.650. The molecule has 0 aliphatic heterocycles. The van der Waals surface area contributed by atoms with Crippen molar-refractivity contribution in [2.45, 2.75) is 38.8 Å². The van der Waals surface area contributed by atoms with Gasteiger partial charge in [-0.3, -0.25) is 10.1 Å². The molecule has 5 nitrogen and oxygen atoms in total. The summed E-state index contributed by atoms with van der Waals surface area (Å²) in [7, 11) is 5.12. The molecule has 0 aromatic heterocycles. The number of methoxy groups -OCH3 is 2. The van der Waals surface area contributed by atoms with Crippen LogP contribution >= 0.6 is 0 Å². The molecular formula is C13H28N2O3. The van der Waals surface area contributed by atoms with Crippen LogP contribution in [-0.4, -0.2) is 63.4 Å². The summed E-state index contributed by atoms with van der Waals surface area (Å²) in [5.41, 5.74) is -0.676. The van der Waals surface area contributed by atoms with Gasteiger partial charge in [-0.25, -0.2) is 0 Å². The molecule has 0 aromatic carbocycles. The summed E-state index contributed by atoms with van der Waals surface area (Å²) < 4.78 is 9.91. The Labute approximate surface area is 111 Å². The zero-order valence-electron chi connectivity index (χ0n) is 12.6. The van der Waals surface area contributed by atoms with Crippen LogP contribution in [0, 0.1) is 0 Å². The molecule has 0 aliphatic carbocycles. The molecule has 0 saturated carbocycles. The average molecular weight is 260 g/mol. The quantitative estimate of drug-likeness (QED) is 0.493. The van der Waals surface area contributed by atoms with Crippen LogP contribution in [0.25, 0.3) is 0 Å². The molecule has 0 bridgehead atoms. The van der Waals surface area contributed by atoms with Crippen molar-refractivity contribution in [2.75, 3.05) is 41.0 Å². The van der Waals surface area contributed by atoms with Gasteiger partial charge in [0.1, 0.15) is 5.54 Å². The average Bonchev–Trinajstić information content (AvgIpc) is 2.26. The lowest BCUT2D eigenvalue weighted by molar-refractivity contribution is -0.149. The van der Waals surface area contributed by atoms with Crippen LogP contribution in [0.5, 0.6) is 0 Å². The number of hydrogen-bond acceptors (Lipinski definition) is 5. The van der Waals surface area contributed by atoms with Crippen LogP contribution in [0.4, 0.5) is 0 Å². The minimum Gasteiger partial charge on any atom is -0.468 e. The third-order valence-electron chi connectivity index (χ3n) is 2.72. The van der Waals surface area contributed by atoms with E-state index in [0.717, 1.165) is 19.6 Å². The number of likely N-dealkylation sites (N-methyl/N-ethyl adjacent to an activating group) is 1. The lowest BCUT2D eigenvalue weighted by Crippen LogP contribution is -2.58. The maximum absolute atomic E-state index is 11.9. The van der Waals surface area contributed by atoms with Crippen molar-refractivity contribution < 1.29 is 14.3 Å². The molecule has 18 heavy (non-hydrogen) atoms. The van der Waals surface area contributed by atoms with E-state index in [1.165, 1.54) is 7.11 Å². The van der Waals surface area contributed by atoms with Gasteiger partial charge in [0, 0.05) is 32.8 Å². The zero-order chi connectivity index (χ0) is 14.2. The van der Waals surface area contributed by atoms with Gasteiger partial charge in [-0.2, -0.15) is 0 Å². The molecule has 0 aliphatic rings. The topological polar surface area (TPSA) is 50.8 Å². The smallest absolute Gasteiger partial charge is 0.327 e. The standard InChI is InChI=1S/C13H28N2O3/c1-11(2)14-13(3,12(16)18-6)10-15(4)8-7-9-17-5/h11,14H,7-10H2,1-6H3. The number of ether oxygens (including phenoxy) is 2. The third-order valence-corrected chi connectivity index (χ3v) is 2.72. The molecular weight excluding hydrogens is 232 g/mol. The first kappa shape index (κ1) is 17.4. The first-order valence-corrected chi connectivity index (χ1v) is 6.39. The maximum atomic E-state index is 11.9. The number of carbonyl (C=O) groups is 1. The number of carbonyl (C=O) groups excluding carboxylic acids is 1. The van der Waals surface area contributed by atoms with Gasteiger partial charge in [0.05, 0.1) is 7.11 Å². The highest BCUT2D eigenvalue weighted by Gasteiger charge is 2.35. The highest BCUT2D eigenvalue weighted by atomic mass is 16.5. The van der Waals surface area contributed by atoms with Gasteiger partial charge in [-0.05, 0) is 34.2 Å². The Kier molecular flexibility index (Phi) is 8.15. The van der Waals surface area contributed by atoms with Gasteiger partial charge in [0.15, 0.2) is 0 Å². The van der Waals surface area contributed by atoms with Crippen molar-refractivity contribution >= 4 is 5.97 Å². The van der Waals surface area contributed by atoms with E-state index in [2.05, 4.69) is 10.2 Å². The Morgan fingerprint density at radius 3 is 2.44 bits per heavy atom. The summed E-state index contributed by atoms with van der Waals surface area (Å²) >= 11 is 0. The second kappa shape index (κ2) is 8.45. The van der Waals surface area contributed by atoms with E-state index < -0.39 is 5.54 Å². The number of esters is 1. The lowest BCUT2D eigenvalue weighted by Gasteiger charge is -2.34. The predicted molar refractivity (Wildman–Crippen MR) is 72.7 cm³/mol. The molecule has 1 N–H and O–H groups in total. The van der Waals surface area contributed by atoms with Gasteiger partial charge >= 0.3 is 5.97 Å². The molecule has 0 rings (SSSR count). The van der Waals surface area contributed by atoms with Gasteiger partial charge in [-0.1, -0.05) is 0 Å². The molecule has 0 saturated heterocycles. The molecule has 0 fully saturated rings. The summed E-state index contributed by atoms with van der Waals surface area (Å²) in [4.78, 5) is 14.0. The second-order valence-electron chi connectivity index (χ2n) is 5.21. The Balaban J connectivity index is 4.44. The number of nitrogens with zero attached hydrogens (tertiary/aromatic N) is 1. The van der Waals surface area contributed by atoms with Crippen molar-refractivity contribution in [3.05, 3.63) is 0 Å². The lowest BCUT2D eigenvalue weighted by atomic mass is 10.0. The van der Waals surface area contributed by atoms with Gasteiger partial charge in [0.25, 0.3) is 0 Å². The number of nitrogens with one attached hydrogen (secondary N) is 1. The summed E-state index contributed by atoms with van der Waals surface area (Å²) in [5.74, 6) is -0.227. The molecule has 0 spiro atoms. The fourth-order valence-electron chi connectivity index (χ4n) is 2.13. The van der Waals surface area contributed by atoms with E-state index in [4.69, 9.17) is 9.47 Å². The molecule has 1 atom stereocenters. The second-order valence-corrected chi connectivity index (χ2v) is 5.21. The minimum atomic E-state index is -0.676. The first-order chi connectivity index (χ1) is 8.35. The number of hydrogen-bond donors (Lipinski definition) is 1. The van der Waals surface area contributed by atoms with E-state index in [1.54, 1.807) is 7.11 Å². The Morgan fingerprint density at radius 1 is 1.39 bits per heavy atom. The minimum absolute atomic E-state index is 0.224. The van der Waals surface area contributed by atoms with E-state index in [1.807, 2.05) is 27.8 Å². The molecule has 0 heterocycles. The zero-order valence-corrected chi connectivity index (χ0v) is 12.6. The van der Waals surface area contributed by atoms with Gasteiger partial charge < -0.3 is 14.4 Å². The largest absolute Gasteiger partial charge is 0.468 e. The van der Waals surface area contributed by atoms with Crippen LogP contribution < -0.4 is 5.32 Å². The normalized spacial score (nSPS) is 14.9. The Morgan fingerprint density at radius 2 is 2.00 bits per heavy atom. The van der Waals surface area contributed by atoms with Crippen molar-refractivity contribution in [3.8, 4) is 0 Å². The van der Waals surface area contributed by atoms with Crippen molar-refractivity contribution in [1.82, 2.24) is 10.2 Å². The number of rotatable bonds is 9. The summed E-state index contributed by atoms with van der Waals surface area (Å²) in [6.45, 7) is 8.16. The summed E-state index contributed by atoms with van der Waals surface area (Å²) in [6.07, 6.45) is 0.950. The predicted octanol–water partition coefficient (Wildman–Crippen LogP) is 0.884. The van der Waals surface area contributed by atoms with Crippen molar-refractivity contribution in [1.29, 1.82) is 0 Å². The van der Waals surface area contributed by atoms with E-state index in [0.29, 0.717) is 6.54 Å². The maximum Gasteiger partial charge on any atom is 0.327 e. The molecule has 108 valence electrons. The van der Waals surface area contributed by atoms with Crippen LogP contribution in [0.15, 0.2) is 0 Å². The monoisotopic (exact) mass is 260 g/mol. The highest BCUT2D eigenvalue weighted by molar-refractivity contribution is 5.80. The van der Waals surface area contributed by atoms with E-state index in [-0.39, 0.29) is 12.0 Å². The van der Waals surface area contributed by atoms with Crippen LogP contribution in [0.3, 0.4) is 0 Å². The van der Waals surface area contributed by atoms with Crippen molar-refractivity contribution in [3.63, 3.8) is 0 Å². The van der Waals surface area contributed by atoms with Gasteiger partial charge in [0.2, 0.25) is 0 Å². The van der Waals surface area contributed by atoms with Crippen LogP contribution in [0.1, 0.15) is 27.2 Å². The van der Waals surface area contributed by atoms with E-state index in [9.17, 15) is 4.79 Å². The summed E-state index contributed by atoms with van der Waals surface area (Å²) in [5, 5.41) is 3.28. The highest BCUT2D eigenvalue weighted by Crippen LogP contribution is 2.10. The molecule has 0 aromatic rings. The van der Waals surface area contributed by atoms with Gasteiger partial charge in [-0.15, -0.1) is 0 Å². The molecule has 5 heteroatoms. The summed E-state index contributed by atoms with van der Waals surface area (Å²) in [6, 6.07) is 0.224. The fourth-order valence-corrected chi connectivity index (χ4v) is 2.13. The molecule has 1 unspecified atom stereocenters. The van der Waals surface area contributed by atoms with E-state index >= 15 is 0 Å².